The second-order valence-corrected chi connectivity index (χ2v) is 6.26. The predicted molar refractivity (Wildman–Crippen MR) is 105 cm³/mol. The molecule has 0 spiro atoms. The van der Waals surface area contributed by atoms with Gasteiger partial charge in [0.2, 0.25) is 0 Å². The average molecular weight is 378 g/mol. The third-order valence-electron chi connectivity index (χ3n) is 4.17. The number of benzene rings is 1. The molecule has 1 aromatic carbocycles. The van der Waals surface area contributed by atoms with Crippen molar-refractivity contribution in [3.05, 3.63) is 53.6 Å². The molecule has 1 unspecified atom stereocenters. The van der Waals surface area contributed by atoms with Crippen molar-refractivity contribution >= 4 is 11.6 Å². The number of hydrogen-bond donors (Lipinski definition) is 0. The number of unbranched alkanes of at least 4 members (excludes halogenated alkanes) is 1. The molecule has 1 aromatic rings. The Kier molecular flexibility index (Phi) is 9.22. The largest absolute Gasteiger partial charge is 0.434 e. The number of halogens is 2. The third kappa shape index (κ3) is 7.27. The number of allylic oxidation sites excluding steroid dienone is 3. The van der Waals surface area contributed by atoms with E-state index in [9.17, 15) is 8.78 Å². The van der Waals surface area contributed by atoms with Crippen molar-refractivity contribution in [3.63, 3.8) is 0 Å². The van der Waals surface area contributed by atoms with Crippen LogP contribution in [-0.2, 0) is 9.47 Å². The number of ether oxygens (including phenoxy) is 3. The fourth-order valence-corrected chi connectivity index (χ4v) is 2.79. The van der Waals surface area contributed by atoms with E-state index in [4.69, 9.17) is 9.47 Å². The van der Waals surface area contributed by atoms with Crippen LogP contribution in [0.4, 0.5) is 8.78 Å². The monoisotopic (exact) mass is 378 g/mol. The zero-order chi connectivity index (χ0) is 19.5. The molecule has 0 fully saturated rings. The van der Waals surface area contributed by atoms with E-state index >= 15 is 0 Å². The molecule has 27 heavy (non-hydrogen) atoms. The van der Waals surface area contributed by atoms with E-state index in [0.717, 1.165) is 37.0 Å². The standard InChI is InChI=1S/C22H28F2O3/c1-3-5-13-25-14-15-26-20-10-7-17(8-11-20)18-9-12-21(27-22(23)24)19(16-18)6-4-2/h4,6-10,12,16,20,22H,3,5,11,13-15H2,1-2H3/b6-4+. The maximum Gasteiger partial charge on any atom is 0.387 e. The minimum atomic E-state index is -2.84. The molecule has 1 aliphatic rings. The summed E-state index contributed by atoms with van der Waals surface area (Å²) in [4.78, 5) is 0. The highest BCUT2D eigenvalue weighted by atomic mass is 19.3. The molecule has 3 nitrogen and oxygen atoms in total. The highest BCUT2D eigenvalue weighted by molar-refractivity contribution is 5.77. The summed E-state index contributed by atoms with van der Waals surface area (Å²) in [5, 5.41) is 0. The second-order valence-electron chi connectivity index (χ2n) is 6.26. The Balaban J connectivity index is 1.91. The molecule has 0 bridgehead atoms. The van der Waals surface area contributed by atoms with Gasteiger partial charge in [-0.25, -0.2) is 0 Å². The van der Waals surface area contributed by atoms with Gasteiger partial charge in [0.25, 0.3) is 0 Å². The van der Waals surface area contributed by atoms with Gasteiger partial charge >= 0.3 is 6.61 Å². The summed E-state index contributed by atoms with van der Waals surface area (Å²) in [5.41, 5.74) is 2.64. The molecule has 5 heteroatoms. The van der Waals surface area contributed by atoms with Gasteiger partial charge in [0.1, 0.15) is 5.75 Å². The maximum atomic E-state index is 12.5. The summed E-state index contributed by atoms with van der Waals surface area (Å²) in [6.07, 6.45) is 12.7. The van der Waals surface area contributed by atoms with Crippen LogP contribution < -0.4 is 4.74 Å². The van der Waals surface area contributed by atoms with Crippen LogP contribution in [-0.4, -0.2) is 32.5 Å². The summed E-state index contributed by atoms with van der Waals surface area (Å²) < 4.78 is 41.0. The Bertz CT molecular complexity index is 666. The topological polar surface area (TPSA) is 27.7 Å². The van der Waals surface area contributed by atoms with Gasteiger partial charge in [-0.3, -0.25) is 0 Å². The molecular formula is C22H28F2O3. The Morgan fingerprint density at radius 2 is 2.07 bits per heavy atom. The molecule has 0 aromatic heterocycles. The zero-order valence-corrected chi connectivity index (χ0v) is 16.0. The van der Waals surface area contributed by atoms with Gasteiger partial charge in [0.05, 0.1) is 19.3 Å². The highest BCUT2D eigenvalue weighted by Crippen LogP contribution is 2.29. The molecule has 2 rings (SSSR count). The quantitative estimate of drug-likeness (QED) is 0.451. The molecule has 0 heterocycles. The van der Waals surface area contributed by atoms with E-state index < -0.39 is 6.61 Å². The first kappa shape index (κ1) is 21.3. The summed E-state index contributed by atoms with van der Waals surface area (Å²) in [5.74, 6) is 0.177. The minimum Gasteiger partial charge on any atom is -0.434 e. The van der Waals surface area contributed by atoms with Gasteiger partial charge in [-0.05, 0) is 43.0 Å². The first-order chi connectivity index (χ1) is 13.1. The van der Waals surface area contributed by atoms with Crippen LogP contribution in [0.3, 0.4) is 0 Å². The van der Waals surface area contributed by atoms with Crippen LogP contribution >= 0.6 is 0 Å². The van der Waals surface area contributed by atoms with Crippen LogP contribution in [0.25, 0.3) is 11.6 Å². The van der Waals surface area contributed by atoms with Crippen LogP contribution in [0, 0.1) is 0 Å². The van der Waals surface area contributed by atoms with Crippen molar-refractivity contribution in [2.45, 2.75) is 45.8 Å². The Morgan fingerprint density at radius 3 is 2.74 bits per heavy atom. The number of hydrogen-bond acceptors (Lipinski definition) is 3. The van der Waals surface area contributed by atoms with Crippen molar-refractivity contribution in [1.82, 2.24) is 0 Å². The summed E-state index contributed by atoms with van der Waals surface area (Å²) in [7, 11) is 0. The summed E-state index contributed by atoms with van der Waals surface area (Å²) in [6, 6.07) is 5.24. The molecule has 0 aliphatic heterocycles. The predicted octanol–water partition coefficient (Wildman–Crippen LogP) is 5.87. The van der Waals surface area contributed by atoms with Gasteiger partial charge in [0.15, 0.2) is 0 Å². The lowest BCUT2D eigenvalue weighted by Crippen LogP contribution is -2.15. The molecule has 0 amide bonds. The third-order valence-corrected chi connectivity index (χ3v) is 4.17. The van der Waals surface area contributed by atoms with Crippen molar-refractivity contribution in [1.29, 1.82) is 0 Å². The lowest BCUT2D eigenvalue weighted by atomic mass is 9.96. The van der Waals surface area contributed by atoms with Crippen LogP contribution in [0.1, 0.15) is 44.2 Å². The van der Waals surface area contributed by atoms with Gasteiger partial charge in [-0.2, -0.15) is 8.78 Å². The molecule has 1 aliphatic carbocycles. The van der Waals surface area contributed by atoms with Crippen molar-refractivity contribution in [2.75, 3.05) is 19.8 Å². The van der Waals surface area contributed by atoms with Crippen LogP contribution in [0.15, 0.2) is 42.5 Å². The molecule has 0 saturated carbocycles. The SMILES string of the molecule is C/C=C/c1cc(C2=CCC(OCCOCCCC)C=C2)ccc1OC(F)F. The van der Waals surface area contributed by atoms with Crippen molar-refractivity contribution < 1.29 is 23.0 Å². The smallest absolute Gasteiger partial charge is 0.387 e. The maximum absolute atomic E-state index is 12.5. The van der Waals surface area contributed by atoms with E-state index in [1.165, 1.54) is 0 Å². The van der Waals surface area contributed by atoms with Crippen LogP contribution in [0.5, 0.6) is 5.75 Å². The summed E-state index contributed by atoms with van der Waals surface area (Å²) >= 11 is 0. The van der Waals surface area contributed by atoms with Crippen molar-refractivity contribution in [3.8, 4) is 5.75 Å². The van der Waals surface area contributed by atoms with E-state index in [-0.39, 0.29) is 11.9 Å². The average Bonchev–Trinajstić information content (AvgIpc) is 2.66. The molecule has 0 radical (unpaired) electrons. The van der Waals surface area contributed by atoms with Gasteiger partial charge < -0.3 is 14.2 Å². The van der Waals surface area contributed by atoms with Gasteiger partial charge in [-0.1, -0.05) is 49.8 Å². The first-order valence-corrected chi connectivity index (χ1v) is 9.43. The van der Waals surface area contributed by atoms with E-state index in [2.05, 4.69) is 17.7 Å². The molecular weight excluding hydrogens is 350 g/mol. The fourth-order valence-electron chi connectivity index (χ4n) is 2.79. The minimum absolute atomic E-state index is 0.0416. The molecule has 0 saturated heterocycles. The highest BCUT2D eigenvalue weighted by Gasteiger charge is 2.13. The number of rotatable bonds is 11. The van der Waals surface area contributed by atoms with Gasteiger partial charge in [-0.15, -0.1) is 0 Å². The van der Waals surface area contributed by atoms with Gasteiger partial charge in [0, 0.05) is 12.2 Å². The zero-order valence-electron chi connectivity index (χ0n) is 16.0. The summed E-state index contributed by atoms with van der Waals surface area (Å²) in [6.45, 7) is 3.11. The molecule has 1 atom stereocenters. The second kappa shape index (κ2) is 11.7. The molecule has 0 N–H and O–H groups in total. The number of alkyl halides is 2. The lowest BCUT2D eigenvalue weighted by Gasteiger charge is -2.18. The fraction of sp³-hybridized carbons (Fsp3) is 0.455. The van der Waals surface area contributed by atoms with E-state index in [0.29, 0.717) is 18.8 Å². The van der Waals surface area contributed by atoms with E-state index in [1.54, 1.807) is 24.3 Å². The Hall–Kier alpha value is -1.98. The van der Waals surface area contributed by atoms with Crippen molar-refractivity contribution in [2.24, 2.45) is 0 Å². The first-order valence-electron chi connectivity index (χ1n) is 9.43. The normalized spacial score (nSPS) is 16.9. The lowest BCUT2D eigenvalue weighted by molar-refractivity contribution is -0.0499. The van der Waals surface area contributed by atoms with E-state index in [1.807, 2.05) is 25.1 Å². The Morgan fingerprint density at radius 1 is 1.22 bits per heavy atom. The van der Waals surface area contributed by atoms with Crippen LogP contribution in [0.2, 0.25) is 0 Å². The molecule has 148 valence electrons. The Labute approximate surface area is 160 Å².